The molecule has 2 aromatic carbocycles. The summed E-state index contributed by atoms with van der Waals surface area (Å²) in [6.45, 7) is 2.74. The van der Waals surface area contributed by atoms with E-state index in [9.17, 15) is 4.79 Å². The Labute approximate surface area is 175 Å². The number of amidine groups is 1. The van der Waals surface area contributed by atoms with Crippen molar-refractivity contribution in [1.82, 2.24) is 4.98 Å². The summed E-state index contributed by atoms with van der Waals surface area (Å²) < 4.78 is 0. The zero-order chi connectivity index (χ0) is 17.6. The Balaban J connectivity index is 0.00000243. The smallest absolute Gasteiger partial charge is 0.207 e. The number of nitrogens with one attached hydrogen (secondary N) is 1. The normalized spacial score (nSPS) is 11.4. The number of hydrogen-bond acceptors (Lipinski definition) is 4. The van der Waals surface area contributed by atoms with Crippen molar-refractivity contribution < 1.29 is 4.79 Å². The lowest BCUT2D eigenvalue weighted by atomic mass is 10.1. The van der Waals surface area contributed by atoms with E-state index in [-0.39, 0.29) is 22.1 Å². The number of hydrogen-bond donors (Lipinski definition) is 1. The van der Waals surface area contributed by atoms with Crippen LogP contribution in [-0.4, -0.2) is 27.1 Å². The van der Waals surface area contributed by atoms with Crippen molar-refractivity contribution in [3.05, 3.63) is 48.5 Å². The topological polar surface area (TPSA) is 54.4 Å². The van der Waals surface area contributed by atoms with Gasteiger partial charge in [-0.3, -0.25) is 9.79 Å². The largest absolute Gasteiger partial charge is 0.334 e. The number of carbonyl (C=O) groups is 1. The highest BCUT2D eigenvalue weighted by atomic mass is 79.9. The van der Waals surface area contributed by atoms with Crippen LogP contribution in [0.25, 0.3) is 21.8 Å². The van der Waals surface area contributed by atoms with Crippen LogP contribution in [0, 0.1) is 0 Å². The van der Waals surface area contributed by atoms with Crippen molar-refractivity contribution in [2.75, 3.05) is 17.2 Å². The minimum absolute atomic E-state index is 0. The van der Waals surface area contributed by atoms with Crippen LogP contribution in [0.1, 0.15) is 13.3 Å². The molecule has 26 heavy (non-hydrogen) atoms. The number of aromatic nitrogens is 1. The molecule has 0 aliphatic carbocycles. The molecule has 3 aromatic rings. The quantitative estimate of drug-likeness (QED) is 0.214. The SMILES string of the molecule is Br.CCCN=C(Nc1c2ccccc2nc2ccccc12)SC(=O)CBr. The molecule has 0 unspecified atom stereocenters. The third-order valence-electron chi connectivity index (χ3n) is 3.62. The van der Waals surface area contributed by atoms with E-state index in [1.807, 2.05) is 48.5 Å². The first kappa shape index (κ1) is 20.9. The molecule has 0 fully saturated rings. The fourth-order valence-corrected chi connectivity index (χ4v) is 3.45. The first-order chi connectivity index (χ1) is 12.2. The molecule has 0 bridgehead atoms. The maximum atomic E-state index is 11.9. The Morgan fingerprint density at radius 3 is 2.23 bits per heavy atom. The molecule has 7 heteroatoms. The molecule has 1 aromatic heterocycles. The molecular formula is C19H19Br2N3OS. The zero-order valence-electron chi connectivity index (χ0n) is 14.2. The average molecular weight is 497 g/mol. The number of aliphatic imine (C=N–C) groups is 1. The summed E-state index contributed by atoms with van der Waals surface area (Å²) in [5.41, 5.74) is 2.76. The number of halogens is 2. The third-order valence-corrected chi connectivity index (χ3v) is 5.30. The van der Waals surface area contributed by atoms with Gasteiger partial charge in [-0.15, -0.1) is 17.0 Å². The van der Waals surface area contributed by atoms with Gasteiger partial charge in [-0.2, -0.15) is 0 Å². The second-order valence-corrected chi connectivity index (χ2v) is 7.05. The van der Waals surface area contributed by atoms with Gasteiger partial charge in [0.2, 0.25) is 5.12 Å². The van der Waals surface area contributed by atoms with Gasteiger partial charge >= 0.3 is 0 Å². The van der Waals surface area contributed by atoms with E-state index >= 15 is 0 Å². The molecular weight excluding hydrogens is 478 g/mol. The molecule has 3 rings (SSSR count). The van der Waals surface area contributed by atoms with Gasteiger partial charge < -0.3 is 5.32 Å². The van der Waals surface area contributed by atoms with Crippen molar-refractivity contribution in [3.63, 3.8) is 0 Å². The van der Waals surface area contributed by atoms with Gasteiger partial charge in [0.05, 0.1) is 22.1 Å². The van der Waals surface area contributed by atoms with Gasteiger partial charge in [0.1, 0.15) is 0 Å². The summed E-state index contributed by atoms with van der Waals surface area (Å²) in [6, 6.07) is 16.0. The predicted molar refractivity (Wildman–Crippen MR) is 122 cm³/mol. The van der Waals surface area contributed by atoms with Gasteiger partial charge in [-0.25, -0.2) is 4.98 Å². The minimum atomic E-state index is 0. The second-order valence-electron chi connectivity index (χ2n) is 5.44. The van der Waals surface area contributed by atoms with E-state index in [4.69, 9.17) is 4.98 Å². The van der Waals surface area contributed by atoms with Crippen molar-refractivity contribution in [1.29, 1.82) is 0 Å². The van der Waals surface area contributed by atoms with Gasteiger partial charge in [0.15, 0.2) is 5.17 Å². The lowest BCUT2D eigenvalue weighted by Gasteiger charge is -2.14. The molecule has 0 amide bonds. The number of fused-ring (bicyclic) bond motifs is 2. The molecule has 0 aliphatic rings. The van der Waals surface area contributed by atoms with Gasteiger partial charge in [-0.1, -0.05) is 59.3 Å². The highest BCUT2D eigenvalue weighted by Crippen LogP contribution is 2.31. The highest BCUT2D eigenvalue weighted by molar-refractivity contribution is 9.09. The molecule has 0 spiro atoms. The van der Waals surface area contributed by atoms with Crippen LogP contribution >= 0.6 is 44.7 Å². The number of alkyl halides is 1. The Morgan fingerprint density at radius 2 is 1.69 bits per heavy atom. The van der Waals surface area contributed by atoms with Crippen LogP contribution in [0.5, 0.6) is 0 Å². The van der Waals surface area contributed by atoms with E-state index in [0.717, 1.165) is 45.7 Å². The first-order valence-electron chi connectivity index (χ1n) is 8.08. The van der Waals surface area contributed by atoms with Crippen LogP contribution < -0.4 is 5.32 Å². The molecule has 0 radical (unpaired) electrons. The molecule has 0 saturated carbocycles. The Hall–Kier alpha value is -1.44. The maximum absolute atomic E-state index is 11.9. The summed E-state index contributed by atoms with van der Waals surface area (Å²) in [5, 5.41) is 6.35. The molecule has 136 valence electrons. The van der Waals surface area contributed by atoms with Crippen LogP contribution in [0.2, 0.25) is 0 Å². The van der Waals surface area contributed by atoms with Gasteiger partial charge in [-0.05, 0) is 30.3 Å². The number of anilines is 1. The average Bonchev–Trinajstić information content (AvgIpc) is 2.65. The number of carbonyl (C=O) groups excluding carboxylic acids is 1. The second kappa shape index (κ2) is 10.0. The summed E-state index contributed by atoms with van der Waals surface area (Å²) in [4.78, 5) is 21.2. The number of thioether (sulfide) groups is 1. The highest BCUT2D eigenvalue weighted by Gasteiger charge is 2.13. The van der Waals surface area contributed by atoms with Crippen molar-refractivity contribution in [2.45, 2.75) is 13.3 Å². The Bertz CT molecular complexity index is 892. The van der Waals surface area contributed by atoms with Gasteiger partial charge in [0.25, 0.3) is 0 Å². The molecule has 1 N–H and O–H groups in total. The summed E-state index contributed by atoms with van der Waals surface area (Å²) in [6.07, 6.45) is 0.923. The summed E-state index contributed by atoms with van der Waals surface area (Å²) in [5.74, 6) is 0. The monoisotopic (exact) mass is 495 g/mol. The van der Waals surface area contributed by atoms with Crippen LogP contribution in [0.15, 0.2) is 53.5 Å². The Morgan fingerprint density at radius 1 is 1.12 bits per heavy atom. The zero-order valence-corrected chi connectivity index (χ0v) is 18.4. The molecule has 0 atom stereocenters. The van der Waals surface area contributed by atoms with Crippen molar-refractivity contribution in [3.8, 4) is 0 Å². The lowest BCUT2D eigenvalue weighted by molar-refractivity contribution is -0.108. The third kappa shape index (κ3) is 4.84. The fraction of sp³-hybridized carbons (Fsp3) is 0.211. The number of pyridine rings is 1. The van der Waals surface area contributed by atoms with E-state index < -0.39 is 0 Å². The predicted octanol–water partition coefficient (Wildman–Crippen LogP) is 5.80. The molecule has 0 aliphatic heterocycles. The van der Waals surface area contributed by atoms with E-state index in [0.29, 0.717) is 17.0 Å². The van der Waals surface area contributed by atoms with Crippen molar-refractivity contribution in [2.24, 2.45) is 4.99 Å². The molecule has 1 heterocycles. The first-order valence-corrected chi connectivity index (χ1v) is 10.0. The van der Waals surface area contributed by atoms with E-state index in [1.165, 1.54) is 0 Å². The maximum Gasteiger partial charge on any atom is 0.207 e. The van der Waals surface area contributed by atoms with E-state index in [1.54, 1.807) is 0 Å². The van der Waals surface area contributed by atoms with Crippen LogP contribution in [0.4, 0.5) is 5.69 Å². The number of nitrogens with zero attached hydrogens (tertiary/aromatic N) is 2. The van der Waals surface area contributed by atoms with E-state index in [2.05, 4.69) is 33.2 Å². The lowest BCUT2D eigenvalue weighted by Crippen LogP contribution is -2.13. The summed E-state index contributed by atoms with van der Waals surface area (Å²) in [7, 11) is 0. The summed E-state index contributed by atoms with van der Waals surface area (Å²) >= 11 is 4.34. The number of para-hydroxylation sites is 2. The fourth-order valence-electron chi connectivity index (χ4n) is 2.53. The van der Waals surface area contributed by atoms with Crippen LogP contribution in [-0.2, 0) is 4.79 Å². The number of rotatable bonds is 4. The standard InChI is InChI=1S/C19H18BrN3OS.BrH/c1-2-11-21-19(25-17(24)12-20)23-18-13-7-3-5-9-15(13)22-16-10-6-4-8-14(16)18;/h3-10H,2,11-12H2,1H3,(H,21,22,23);1H. The molecule has 0 saturated heterocycles. The minimum Gasteiger partial charge on any atom is -0.334 e. The van der Waals surface area contributed by atoms with Gasteiger partial charge in [0, 0.05) is 17.3 Å². The van der Waals surface area contributed by atoms with Crippen molar-refractivity contribution >= 4 is 82.4 Å². The molecule has 4 nitrogen and oxygen atoms in total. The Kier molecular flexibility index (Phi) is 8.06. The number of benzene rings is 2. The van der Waals surface area contributed by atoms with Crippen LogP contribution in [0.3, 0.4) is 0 Å².